The number of carbonyl (C=O) groups excluding carboxylic acids is 1. The summed E-state index contributed by atoms with van der Waals surface area (Å²) < 4.78 is 6.62. The number of aromatic nitrogens is 3. The third kappa shape index (κ3) is 1.67. The van der Waals surface area contributed by atoms with E-state index in [-0.39, 0.29) is 11.2 Å². The van der Waals surface area contributed by atoms with Crippen molar-refractivity contribution in [3.63, 3.8) is 0 Å². The molecule has 2 rings (SSSR count). The highest BCUT2D eigenvalue weighted by Gasteiger charge is 2.28. The Hall–Kier alpha value is -1.04. The van der Waals surface area contributed by atoms with E-state index in [1.54, 1.807) is 10.9 Å². The summed E-state index contributed by atoms with van der Waals surface area (Å²) in [6.45, 7) is 0.522. The number of thioether (sulfide) groups is 1. The number of nitrogens with zero attached hydrogens (tertiary/aromatic N) is 3. The Morgan fingerprint density at radius 1 is 1.77 bits per heavy atom. The number of hydrogen-bond acceptors (Lipinski definition) is 5. The number of ether oxygens (including phenoxy) is 1. The Morgan fingerprint density at radius 3 is 3.15 bits per heavy atom. The van der Waals surface area contributed by atoms with Crippen LogP contribution in [0.4, 0.5) is 0 Å². The largest absolute Gasteiger partial charge is 0.465 e. The molecule has 0 radical (unpaired) electrons. The summed E-state index contributed by atoms with van der Waals surface area (Å²) in [5.41, 5.74) is 0. The summed E-state index contributed by atoms with van der Waals surface area (Å²) in [4.78, 5) is 11.1. The number of aryl methyl sites for hydroxylation is 1. The van der Waals surface area contributed by atoms with E-state index in [0.29, 0.717) is 6.61 Å². The number of cyclic esters (lactones) is 1. The van der Waals surface area contributed by atoms with E-state index >= 15 is 0 Å². The lowest BCUT2D eigenvalue weighted by Crippen LogP contribution is -2.10. The topological polar surface area (TPSA) is 57.0 Å². The number of carbonyl (C=O) groups is 1. The Bertz CT molecular complexity index is 325. The van der Waals surface area contributed by atoms with Gasteiger partial charge < -0.3 is 9.30 Å². The second kappa shape index (κ2) is 3.37. The first kappa shape index (κ1) is 8.55. The van der Waals surface area contributed by atoms with Crippen LogP contribution in [0.3, 0.4) is 0 Å². The van der Waals surface area contributed by atoms with Gasteiger partial charge in [-0.15, -0.1) is 10.2 Å². The molecule has 0 amide bonds. The van der Waals surface area contributed by atoms with E-state index < -0.39 is 0 Å². The molecular weight excluding hydrogens is 190 g/mol. The quantitative estimate of drug-likeness (QED) is 0.638. The van der Waals surface area contributed by atoms with E-state index in [0.717, 1.165) is 11.6 Å². The van der Waals surface area contributed by atoms with Gasteiger partial charge in [0, 0.05) is 13.5 Å². The minimum atomic E-state index is -0.145. The molecule has 1 aliphatic heterocycles. The molecule has 1 unspecified atom stereocenters. The third-order valence-electron chi connectivity index (χ3n) is 1.80. The lowest BCUT2D eigenvalue weighted by molar-refractivity contribution is -0.137. The first-order valence-corrected chi connectivity index (χ1v) is 4.82. The minimum absolute atomic E-state index is 0.108. The summed E-state index contributed by atoms with van der Waals surface area (Å²) >= 11 is 1.41. The Morgan fingerprint density at radius 2 is 2.62 bits per heavy atom. The van der Waals surface area contributed by atoms with Gasteiger partial charge in [0.1, 0.15) is 11.6 Å². The van der Waals surface area contributed by atoms with Crippen LogP contribution in [0.15, 0.2) is 11.5 Å². The maximum atomic E-state index is 11.1. The molecule has 1 aliphatic rings. The summed E-state index contributed by atoms with van der Waals surface area (Å²) in [6, 6.07) is 0. The number of esters is 1. The summed E-state index contributed by atoms with van der Waals surface area (Å²) in [6.07, 6.45) is 2.37. The van der Waals surface area contributed by atoms with Crippen molar-refractivity contribution in [2.75, 3.05) is 6.61 Å². The Balaban J connectivity index is 2.06. The molecule has 0 saturated carbocycles. The molecular formula is C7H9N3O2S. The van der Waals surface area contributed by atoms with E-state index in [4.69, 9.17) is 4.74 Å². The molecule has 0 bridgehead atoms. The van der Waals surface area contributed by atoms with Crippen LogP contribution < -0.4 is 0 Å². The zero-order valence-corrected chi connectivity index (χ0v) is 7.95. The number of hydrogen-bond donors (Lipinski definition) is 0. The third-order valence-corrected chi connectivity index (χ3v) is 3.10. The molecule has 13 heavy (non-hydrogen) atoms. The second-order valence-corrected chi connectivity index (χ2v) is 3.96. The maximum absolute atomic E-state index is 11.1. The molecule has 70 valence electrons. The Labute approximate surface area is 79.5 Å². The predicted octanol–water partition coefficient (Wildman–Crippen LogP) is 0.223. The van der Waals surface area contributed by atoms with Crippen molar-refractivity contribution in [1.82, 2.24) is 14.8 Å². The zero-order chi connectivity index (χ0) is 9.26. The van der Waals surface area contributed by atoms with Crippen LogP contribution in [0, 0.1) is 0 Å². The maximum Gasteiger partial charge on any atom is 0.319 e. The van der Waals surface area contributed by atoms with Crippen LogP contribution in [-0.2, 0) is 16.6 Å². The average molecular weight is 199 g/mol. The van der Waals surface area contributed by atoms with Gasteiger partial charge in [0.05, 0.1) is 6.61 Å². The van der Waals surface area contributed by atoms with Gasteiger partial charge in [0.15, 0.2) is 5.16 Å². The molecule has 0 aromatic carbocycles. The van der Waals surface area contributed by atoms with E-state index in [1.807, 2.05) is 7.05 Å². The molecule has 1 aromatic heterocycles. The van der Waals surface area contributed by atoms with Crippen molar-refractivity contribution in [3.05, 3.63) is 6.33 Å². The molecule has 1 saturated heterocycles. The standard InChI is InChI=1S/C7H9N3O2S/c1-10-4-8-9-7(10)13-5-2-3-12-6(5)11/h4-5H,2-3H2,1H3. The lowest BCUT2D eigenvalue weighted by atomic mass is 10.4. The second-order valence-electron chi connectivity index (χ2n) is 2.79. The molecule has 0 spiro atoms. The van der Waals surface area contributed by atoms with Gasteiger partial charge in [-0.25, -0.2) is 0 Å². The van der Waals surface area contributed by atoms with Gasteiger partial charge in [-0.05, 0) is 0 Å². The van der Waals surface area contributed by atoms with Crippen LogP contribution in [0.25, 0.3) is 0 Å². The summed E-state index contributed by atoms with van der Waals surface area (Å²) in [7, 11) is 1.85. The normalized spacial score (nSPS) is 21.9. The van der Waals surface area contributed by atoms with Gasteiger partial charge in [0.2, 0.25) is 0 Å². The first-order chi connectivity index (χ1) is 6.27. The van der Waals surface area contributed by atoms with Crippen molar-refractivity contribution < 1.29 is 9.53 Å². The fraction of sp³-hybridized carbons (Fsp3) is 0.571. The highest BCUT2D eigenvalue weighted by molar-refractivity contribution is 8.00. The molecule has 1 atom stereocenters. The van der Waals surface area contributed by atoms with Crippen LogP contribution in [-0.4, -0.2) is 32.6 Å². The Kier molecular flexibility index (Phi) is 2.22. The van der Waals surface area contributed by atoms with E-state index in [1.165, 1.54) is 11.8 Å². The average Bonchev–Trinajstić information content (AvgIpc) is 2.65. The monoisotopic (exact) mass is 199 g/mol. The van der Waals surface area contributed by atoms with Crippen molar-refractivity contribution in [1.29, 1.82) is 0 Å². The highest BCUT2D eigenvalue weighted by atomic mass is 32.2. The van der Waals surface area contributed by atoms with Crippen molar-refractivity contribution in [2.45, 2.75) is 16.8 Å². The summed E-state index contributed by atoms with van der Waals surface area (Å²) in [5, 5.41) is 8.26. The first-order valence-electron chi connectivity index (χ1n) is 3.94. The lowest BCUT2D eigenvalue weighted by Gasteiger charge is -2.02. The van der Waals surface area contributed by atoms with Crippen molar-refractivity contribution >= 4 is 17.7 Å². The van der Waals surface area contributed by atoms with Gasteiger partial charge in [-0.2, -0.15) is 0 Å². The molecule has 0 N–H and O–H groups in total. The molecule has 1 aromatic rings. The van der Waals surface area contributed by atoms with E-state index in [2.05, 4.69) is 10.2 Å². The smallest absolute Gasteiger partial charge is 0.319 e. The molecule has 1 fully saturated rings. The zero-order valence-electron chi connectivity index (χ0n) is 7.14. The molecule has 6 heteroatoms. The van der Waals surface area contributed by atoms with Gasteiger partial charge >= 0.3 is 5.97 Å². The van der Waals surface area contributed by atoms with Crippen molar-refractivity contribution in [2.24, 2.45) is 7.05 Å². The van der Waals surface area contributed by atoms with Gasteiger partial charge in [-0.1, -0.05) is 11.8 Å². The SMILES string of the molecule is Cn1cnnc1SC1CCOC1=O. The fourth-order valence-electron chi connectivity index (χ4n) is 1.09. The summed E-state index contributed by atoms with van der Waals surface area (Å²) in [5.74, 6) is -0.145. The number of rotatable bonds is 2. The van der Waals surface area contributed by atoms with Crippen LogP contribution in [0.1, 0.15) is 6.42 Å². The molecule has 2 heterocycles. The highest BCUT2D eigenvalue weighted by Crippen LogP contribution is 2.27. The van der Waals surface area contributed by atoms with Crippen LogP contribution in [0.5, 0.6) is 0 Å². The fourth-order valence-corrected chi connectivity index (χ4v) is 2.03. The van der Waals surface area contributed by atoms with Gasteiger partial charge in [-0.3, -0.25) is 4.79 Å². The van der Waals surface area contributed by atoms with Crippen LogP contribution in [0.2, 0.25) is 0 Å². The molecule has 5 nitrogen and oxygen atoms in total. The van der Waals surface area contributed by atoms with E-state index in [9.17, 15) is 4.79 Å². The molecule has 0 aliphatic carbocycles. The van der Waals surface area contributed by atoms with Crippen LogP contribution >= 0.6 is 11.8 Å². The van der Waals surface area contributed by atoms with Crippen molar-refractivity contribution in [3.8, 4) is 0 Å². The predicted molar refractivity (Wildman–Crippen MR) is 46.2 cm³/mol. The minimum Gasteiger partial charge on any atom is -0.465 e. The van der Waals surface area contributed by atoms with Gasteiger partial charge in [0.25, 0.3) is 0 Å².